The molecule has 2 aromatic rings. The Morgan fingerprint density at radius 1 is 1.11 bits per heavy atom. The van der Waals surface area contributed by atoms with Crippen LogP contribution < -0.4 is 15.8 Å². The second-order valence-electron chi connectivity index (χ2n) is 4.10. The summed E-state index contributed by atoms with van der Waals surface area (Å²) < 4.78 is 28.3. The fourth-order valence-corrected chi connectivity index (χ4v) is 1.65. The van der Waals surface area contributed by atoms with Crippen molar-refractivity contribution < 1.29 is 13.5 Å². The molecule has 0 unspecified atom stereocenters. The molecule has 2 rings (SSSR count). The van der Waals surface area contributed by atoms with Gasteiger partial charge in [0.05, 0.1) is 0 Å². The molecule has 0 saturated carbocycles. The van der Waals surface area contributed by atoms with Gasteiger partial charge in [-0.3, -0.25) is 0 Å². The molecule has 100 valence electrons. The molecule has 0 aliphatic rings. The number of ether oxygens (including phenoxy) is 1. The van der Waals surface area contributed by atoms with Crippen LogP contribution in [-0.4, -0.2) is 6.61 Å². The maximum Gasteiger partial charge on any atom is 0.387 e. The number of anilines is 3. The molecule has 5 heteroatoms. The highest BCUT2D eigenvalue weighted by molar-refractivity contribution is 5.67. The summed E-state index contributed by atoms with van der Waals surface area (Å²) >= 11 is 0. The average molecular weight is 264 g/mol. The van der Waals surface area contributed by atoms with Crippen LogP contribution in [0.2, 0.25) is 0 Å². The van der Waals surface area contributed by atoms with Crippen LogP contribution in [-0.2, 0) is 0 Å². The van der Waals surface area contributed by atoms with Crippen LogP contribution in [0.15, 0.2) is 42.5 Å². The van der Waals surface area contributed by atoms with Gasteiger partial charge in [-0.1, -0.05) is 6.07 Å². The average Bonchev–Trinajstić information content (AvgIpc) is 2.35. The van der Waals surface area contributed by atoms with E-state index in [1.54, 1.807) is 12.1 Å². The summed E-state index contributed by atoms with van der Waals surface area (Å²) in [6.07, 6.45) is 0. The minimum atomic E-state index is -2.81. The summed E-state index contributed by atoms with van der Waals surface area (Å²) in [7, 11) is 0. The quantitative estimate of drug-likeness (QED) is 0.823. The van der Waals surface area contributed by atoms with Gasteiger partial charge in [0.2, 0.25) is 0 Å². The van der Waals surface area contributed by atoms with Crippen molar-refractivity contribution in [2.75, 3.05) is 11.1 Å². The summed E-state index contributed by atoms with van der Waals surface area (Å²) in [6.45, 7) is -0.856. The summed E-state index contributed by atoms with van der Waals surface area (Å²) in [6, 6.07) is 11.8. The zero-order valence-corrected chi connectivity index (χ0v) is 10.4. The zero-order chi connectivity index (χ0) is 13.8. The van der Waals surface area contributed by atoms with E-state index in [0.717, 1.165) is 16.9 Å². The standard InChI is InChI=1S/C14H14F2N2O/c1-9-2-3-10(17)8-13(9)18-11-4-6-12(7-5-11)19-14(15)16/h2-8,14,18H,17H2,1H3. The molecule has 3 N–H and O–H groups in total. The van der Waals surface area contributed by atoms with E-state index in [1.165, 1.54) is 12.1 Å². The summed E-state index contributed by atoms with van der Waals surface area (Å²) in [5, 5.41) is 3.17. The summed E-state index contributed by atoms with van der Waals surface area (Å²) in [4.78, 5) is 0. The van der Waals surface area contributed by atoms with E-state index in [0.29, 0.717) is 5.69 Å². The van der Waals surface area contributed by atoms with Crippen LogP contribution in [0, 0.1) is 6.92 Å². The van der Waals surface area contributed by atoms with Crippen LogP contribution in [0.4, 0.5) is 25.8 Å². The van der Waals surface area contributed by atoms with Gasteiger partial charge in [0.15, 0.2) is 0 Å². The first-order valence-electron chi connectivity index (χ1n) is 5.72. The van der Waals surface area contributed by atoms with Gasteiger partial charge in [0.25, 0.3) is 0 Å². The lowest BCUT2D eigenvalue weighted by atomic mass is 10.1. The highest BCUT2D eigenvalue weighted by atomic mass is 19.3. The lowest BCUT2D eigenvalue weighted by molar-refractivity contribution is -0.0498. The number of nitrogen functional groups attached to an aromatic ring is 1. The van der Waals surface area contributed by atoms with E-state index < -0.39 is 6.61 Å². The van der Waals surface area contributed by atoms with Crippen LogP contribution in [0.3, 0.4) is 0 Å². The Bertz CT molecular complexity index is 556. The Hall–Kier alpha value is -2.30. The van der Waals surface area contributed by atoms with Gasteiger partial charge in [-0.05, 0) is 48.9 Å². The summed E-state index contributed by atoms with van der Waals surface area (Å²) in [5.41, 5.74) is 9.07. The largest absolute Gasteiger partial charge is 0.435 e. The molecule has 0 aliphatic carbocycles. The van der Waals surface area contributed by atoms with E-state index in [1.807, 2.05) is 25.1 Å². The van der Waals surface area contributed by atoms with Gasteiger partial charge in [-0.25, -0.2) is 0 Å². The molecule has 0 bridgehead atoms. The number of rotatable bonds is 4. The fraction of sp³-hybridized carbons (Fsp3) is 0.143. The molecule has 0 saturated heterocycles. The third-order valence-corrected chi connectivity index (χ3v) is 2.62. The van der Waals surface area contributed by atoms with Gasteiger partial charge >= 0.3 is 6.61 Å². The van der Waals surface area contributed by atoms with Crippen molar-refractivity contribution in [2.45, 2.75) is 13.5 Å². The maximum absolute atomic E-state index is 12.0. The summed E-state index contributed by atoms with van der Waals surface area (Å²) in [5.74, 6) is 0.129. The SMILES string of the molecule is Cc1ccc(N)cc1Nc1ccc(OC(F)F)cc1. The fourth-order valence-electron chi connectivity index (χ4n) is 1.65. The van der Waals surface area contributed by atoms with Crippen LogP contribution >= 0.6 is 0 Å². The molecule has 0 aliphatic heterocycles. The zero-order valence-electron chi connectivity index (χ0n) is 10.4. The Balaban J connectivity index is 2.13. The molecule has 0 heterocycles. The second-order valence-corrected chi connectivity index (χ2v) is 4.10. The molecule has 0 aromatic heterocycles. The van der Waals surface area contributed by atoms with Crippen LogP contribution in [0.1, 0.15) is 5.56 Å². The molecule has 0 atom stereocenters. The number of aryl methyl sites for hydroxylation is 1. The smallest absolute Gasteiger partial charge is 0.387 e. The number of benzene rings is 2. The third kappa shape index (κ3) is 3.58. The maximum atomic E-state index is 12.0. The minimum Gasteiger partial charge on any atom is -0.435 e. The number of alkyl halides is 2. The molecule has 0 fully saturated rings. The van der Waals surface area contributed by atoms with Crippen LogP contribution in [0.25, 0.3) is 0 Å². The van der Waals surface area contributed by atoms with E-state index in [4.69, 9.17) is 5.73 Å². The van der Waals surface area contributed by atoms with Crippen molar-refractivity contribution in [2.24, 2.45) is 0 Å². The molecule has 0 spiro atoms. The third-order valence-electron chi connectivity index (χ3n) is 2.62. The Morgan fingerprint density at radius 3 is 2.42 bits per heavy atom. The van der Waals surface area contributed by atoms with Gasteiger partial charge in [-0.15, -0.1) is 0 Å². The molecule has 0 radical (unpaired) electrons. The Morgan fingerprint density at radius 2 is 1.79 bits per heavy atom. The first kappa shape index (κ1) is 13.1. The van der Waals surface area contributed by atoms with Crippen molar-refractivity contribution in [1.82, 2.24) is 0 Å². The van der Waals surface area contributed by atoms with Crippen molar-refractivity contribution in [3.63, 3.8) is 0 Å². The molecule has 3 nitrogen and oxygen atoms in total. The van der Waals surface area contributed by atoms with E-state index in [-0.39, 0.29) is 5.75 Å². The van der Waals surface area contributed by atoms with E-state index in [2.05, 4.69) is 10.1 Å². The lowest BCUT2D eigenvalue weighted by Gasteiger charge is -2.11. The first-order chi connectivity index (χ1) is 9.04. The normalized spacial score (nSPS) is 10.5. The van der Waals surface area contributed by atoms with Gasteiger partial charge in [0.1, 0.15) is 5.75 Å². The molecule has 2 aromatic carbocycles. The van der Waals surface area contributed by atoms with Gasteiger partial charge in [-0.2, -0.15) is 8.78 Å². The van der Waals surface area contributed by atoms with Crippen molar-refractivity contribution in [3.05, 3.63) is 48.0 Å². The Kier molecular flexibility index (Phi) is 3.85. The number of nitrogens with two attached hydrogens (primary N) is 1. The highest BCUT2D eigenvalue weighted by Crippen LogP contribution is 2.24. The number of halogens is 2. The topological polar surface area (TPSA) is 47.3 Å². The predicted molar refractivity (Wildman–Crippen MR) is 71.9 cm³/mol. The minimum absolute atomic E-state index is 0.129. The second kappa shape index (κ2) is 5.56. The molecular weight excluding hydrogens is 250 g/mol. The first-order valence-corrected chi connectivity index (χ1v) is 5.72. The van der Waals surface area contributed by atoms with E-state index in [9.17, 15) is 8.78 Å². The van der Waals surface area contributed by atoms with Gasteiger partial charge < -0.3 is 15.8 Å². The van der Waals surface area contributed by atoms with E-state index >= 15 is 0 Å². The number of nitrogens with one attached hydrogen (secondary N) is 1. The monoisotopic (exact) mass is 264 g/mol. The highest BCUT2D eigenvalue weighted by Gasteiger charge is 2.04. The Labute approximate surface area is 110 Å². The van der Waals surface area contributed by atoms with Crippen molar-refractivity contribution in [1.29, 1.82) is 0 Å². The molecule has 19 heavy (non-hydrogen) atoms. The molecular formula is C14H14F2N2O. The van der Waals surface area contributed by atoms with Crippen molar-refractivity contribution >= 4 is 17.1 Å². The number of hydrogen-bond acceptors (Lipinski definition) is 3. The predicted octanol–water partition coefficient (Wildman–Crippen LogP) is 3.92. The van der Waals surface area contributed by atoms with Gasteiger partial charge in [0, 0.05) is 17.1 Å². The van der Waals surface area contributed by atoms with Crippen molar-refractivity contribution in [3.8, 4) is 5.75 Å². The van der Waals surface area contributed by atoms with Crippen LogP contribution in [0.5, 0.6) is 5.75 Å². The lowest BCUT2D eigenvalue weighted by Crippen LogP contribution is -2.01. The number of hydrogen-bond donors (Lipinski definition) is 2. The molecule has 0 amide bonds.